The number of aryl methyl sites for hydroxylation is 1. The Kier molecular flexibility index (Phi) is 5.18. The van der Waals surface area contributed by atoms with E-state index in [0.717, 1.165) is 12.1 Å². The predicted octanol–water partition coefficient (Wildman–Crippen LogP) is 3.06. The summed E-state index contributed by atoms with van der Waals surface area (Å²) in [5.74, 6) is 1.57. The molecule has 1 aromatic carbocycles. The third-order valence-corrected chi connectivity index (χ3v) is 3.26. The smallest absolute Gasteiger partial charge is 0.226 e. The lowest BCUT2D eigenvalue weighted by Crippen LogP contribution is -2.25. The van der Waals surface area contributed by atoms with Gasteiger partial charge in [0.25, 0.3) is 0 Å². The molecule has 0 amide bonds. The molecular weight excluding hydrogens is 274 g/mol. The Hall–Kier alpha value is -1.81. The fourth-order valence-electron chi connectivity index (χ4n) is 1.93. The highest BCUT2D eigenvalue weighted by molar-refractivity contribution is 6.18. The Morgan fingerprint density at radius 1 is 1.25 bits per heavy atom. The van der Waals surface area contributed by atoms with Crippen molar-refractivity contribution in [2.75, 3.05) is 18.3 Å². The van der Waals surface area contributed by atoms with E-state index in [-0.39, 0.29) is 6.04 Å². The van der Waals surface area contributed by atoms with Gasteiger partial charge >= 0.3 is 0 Å². The van der Waals surface area contributed by atoms with Crippen molar-refractivity contribution < 1.29 is 4.74 Å². The van der Waals surface area contributed by atoms with Crippen LogP contribution in [0.25, 0.3) is 0 Å². The van der Waals surface area contributed by atoms with E-state index in [4.69, 9.17) is 16.3 Å². The summed E-state index contributed by atoms with van der Waals surface area (Å²) in [5, 5.41) is 3.26. The minimum Gasteiger partial charge on any atom is -0.481 e. The van der Waals surface area contributed by atoms with Crippen molar-refractivity contribution in [3.63, 3.8) is 0 Å². The summed E-state index contributed by atoms with van der Waals surface area (Å²) in [6.07, 6.45) is 0.823. The molecule has 0 aliphatic carbocycles. The van der Waals surface area contributed by atoms with Gasteiger partial charge in [0.15, 0.2) is 0 Å². The molecule has 2 aromatic rings. The van der Waals surface area contributed by atoms with Crippen molar-refractivity contribution in [3.8, 4) is 5.88 Å². The zero-order valence-corrected chi connectivity index (χ0v) is 12.4. The minimum absolute atomic E-state index is 0.0746. The summed E-state index contributed by atoms with van der Waals surface area (Å²) in [7, 11) is 1.59. The van der Waals surface area contributed by atoms with E-state index in [1.165, 1.54) is 5.56 Å². The first-order valence-corrected chi connectivity index (χ1v) is 7.01. The van der Waals surface area contributed by atoms with Gasteiger partial charge in [-0.05, 0) is 18.9 Å². The Balaban J connectivity index is 2.08. The van der Waals surface area contributed by atoms with Crippen molar-refractivity contribution in [1.82, 2.24) is 9.97 Å². The first-order valence-electron chi connectivity index (χ1n) is 6.47. The number of benzene rings is 1. The van der Waals surface area contributed by atoms with E-state index >= 15 is 0 Å². The highest BCUT2D eigenvalue weighted by atomic mass is 35.5. The largest absolute Gasteiger partial charge is 0.481 e. The van der Waals surface area contributed by atoms with Crippen LogP contribution in [0.5, 0.6) is 5.88 Å². The maximum Gasteiger partial charge on any atom is 0.226 e. The lowest BCUT2D eigenvalue weighted by molar-refractivity contribution is 0.397. The summed E-state index contributed by atoms with van der Waals surface area (Å²) < 4.78 is 5.15. The normalized spacial score (nSPS) is 11.9. The molecule has 0 radical (unpaired) electrons. The van der Waals surface area contributed by atoms with Crippen molar-refractivity contribution in [2.45, 2.75) is 19.4 Å². The molecule has 0 aliphatic rings. The maximum atomic E-state index is 6.03. The Labute approximate surface area is 124 Å². The Morgan fingerprint density at radius 2 is 2.00 bits per heavy atom. The molecule has 0 spiro atoms. The van der Waals surface area contributed by atoms with Gasteiger partial charge in [0.2, 0.25) is 11.8 Å². The number of ether oxygens (including phenoxy) is 1. The monoisotopic (exact) mass is 291 g/mol. The number of alkyl halides is 1. The lowest BCUT2D eigenvalue weighted by Gasteiger charge is -2.16. The second-order valence-corrected chi connectivity index (χ2v) is 4.87. The number of hydrogen-bond acceptors (Lipinski definition) is 4. The molecule has 1 atom stereocenters. The maximum absolute atomic E-state index is 6.03. The molecule has 5 heteroatoms. The van der Waals surface area contributed by atoms with Crippen LogP contribution in [0.1, 0.15) is 11.3 Å². The van der Waals surface area contributed by atoms with E-state index in [1.54, 1.807) is 13.2 Å². The summed E-state index contributed by atoms with van der Waals surface area (Å²) in [6, 6.07) is 12.1. The van der Waals surface area contributed by atoms with Crippen LogP contribution in [-0.2, 0) is 6.42 Å². The Morgan fingerprint density at radius 3 is 2.65 bits per heavy atom. The van der Waals surface area contributed by atoms with Gasteiger partial charge in [0.1, 0.15) is 0 Å². The van der Waals surface area contributed by atoms with Crippen LogP contribution in [0.15, 0.2) is 36.4 Å². The average molecular weight is 292 g/mol. The van der Waals surface area contributed by atoms with Crippen LogP contribution in [0.3, 0.4) is 0 Å². The van der Waals surface area contributed by atoms with Crippen molar-refractivity contribution >= 4 is 17.5 Å². The van der Waals surface area contributed by atoms with Gasteiger partial charge in [-0.2, -0.15) is 4.98 Å². The van der Waals surface area contributed by atoms with Crippen LogP contribution in [0.4, 0.5) is 5.95 Å². The van der Waals surface area contributed by atoms with Gasteiger partial charge in [-0.25, -0.2) is 4.98 Å². The van der Waals surface area contributed by atoms with Gasteiger partial charge in [0.05, 0.1) is 7.11 Å². The van der Waals surface area contributed by atoms with Gasteiger partial charge in [-0.3, -0.25) is 0 Å². The summed E-state index contributed by atoms with van der Waals surface area (Å²) >= 11 is 6.03. The molecule has 0 saturated carbocycles. The highest BCUT2D eigenvalue weighted by Crippen LogP contribution is 2.14. The second kappa shape index (κ2) is 7.10. The standard InChI is InChI=1S/C15H18ClN3O/c1-11-8-14(20-2)19-15(17-11)18-13(10-16)9-12-6-4-3-5-7-12/h3-8,13H,9-10H2,1-2H3,(H,17,18,19). The summed E-state index contributed by atoms with van der Waals surface area (Å²) in [5.41, 5.74) is 2.08. The third kappa shape index (κ3) is 4.10. The molecule has 4 nitrogen and oxygen atoms in total. The molecule has 0 saturated heterocycles. The van der Waals surface area contributed by atoms with Crippen LogP contribution in [0.2, 0.25) is 0 Å². The van der Waals surface area contributed by atoms with E-state index in [9.17, 15) is 0 Å². The van der Waals surface area contributed by atoms with E-state index in [2.05, 4.69) is 27.4 Å². The Bertz CT molecular complexity index is 548. The average Bonchev–Trinajstić information content (AvgIpc) is 2.47. The van der Waals surface area contributed by atoms with Crippen molar-refractivity contribution in [3.05, 3.63) is 47.7 Å². The number of aromatic nitrogens is 2. The molecule has 0 aliphatic heterocycles. The van der Waals surface area contributed by atoms with E-state index < -0.39 is 0 Å². The molecule has 2 rings (SSSR count). The predicted molar refractivity (Wildman–Crippen MR) is 81.6 cm³/mol. The van der Waals surface area contributed by atoms with Gasteiger partial charge in [-0.1, -0.05) is 30.3 Å². The molecular formula is C15H18ClN3O. The fraction of sp³-hybridized carbons (Fsp3) is 0.333. The van der Waals surface area contributed by atoms with Crippen LogP contribution >= 0.6 is 11.6 Å². The number of nitrogens with one attached hydrogen (secondary N) is 1. The topological polar surface area (TPSA) is 47.0 Å². The zero-order chi connectivity index (χ0) is 14.4. The second-order valence-electron chi connectivity index (χ2n) is 4.56. The number of hydrogen-bond donors (Lipinski definition) is 1. The zero-order valence-electron chi connectivity index (χ0n) is 11.6. The number of halogens is 1. The number of anilines is 1. The molecule has 0 fully saturated rings. The van der Waals surface area contributed by atoms with Gasteiger partial charge in [0, 0.05) is 23.7 Å². The molecule has 1 N–H and O–H groups in total. The molecule has 0 bridgehead atoms. The van der Waals surface area contributed by atoms with Crippen molar-refractivity contribution in [1.29, 1.82) is 0 Å². The molecule has 1 aromatic heterocycles. The quantitative estimate of drug-likeness (QED) is 0.831. The van der Waals surface area contributed by atoms with Gasteiger partial charge in [-0.15, -0.1) is 11.6 Å². The van der Waals surface area contributed by atoms with E-state index in [0.29, 0.717) is 17.7 Å². The third-order valence-electron chi connectivity index (χ3n) is 2.88. The SMILES string of the molecule is COc1cc(C)nc(NC(CCl)Cc2ccccc2)n1. The molecule has 1 heterocycles. The summed E-state index contributed by atoms with van der Waals surface area (Å²) in [6.45, 7) is 1.91. The number of nitrogens with zero attached hydrogens (tertiary/aromatic N) is 2. The van der Waals surface area contributed by atoms with Crippen molar-refractivity contribution in [2.24, 2.45) is 0 Å². The van der Waals surface area contributed by atoms with Crippen LogP contribution in [-0.4, -0.2) is 29.0 Å². The highest BCUT2D eigenvalue weighted by Gasteiger charge is 2.11. The fourth-order valence-corrected chi connectivity index (χ4v) is 2.12. The number of rotatable bonds is 6. The van der Waals surface area contributed by atoms with Crippen LogP contribution in [0, 0.1) is 6.92 Å². The lowest BCUT2D eigenvalue weighted by atomic mass is 10.1. The molecule has 106 valence electrons. The molecule has 20 heavy (non-hydrogen) atoms. The van der Waals surface area contributed by atoms with E-state index in [1.807, 2.05) is 25.1 Å². The number of methoxy groups -OCH3 is 1. The minimum atomic E-state index is 0.0746. The first kappa shape index (κ1) is 14.6. The van der Waals surface area contributed by atoms with Crippen LogP contribution < -0.4 is 10.1 Å². The van der Waals surface area contributed by atoms with Gasteiger partial charge < -0.3 is 10.1 Å². The molecule has 1 unspecified atom stereocenters. The summed E-state index contributed by atoms with van der Waals surface area (Å²) in [4.78, 5) is 8.63. The first-order chi connectivity index (χ1) is 9.71.